The van der Waals surface area contributed by atoms with Gasteiger partial charge in [0.1, 0.15) is 6.04 Å². The van der Waals surface area contributed by atoms with E-state index in [4.69, 9.17) is 0 Å². The molecular formula is C9H10N2O. The van der Waals surface area contributed by atoms with Gasteiger partial charge in [-0.05, 0) is 25.5 Å². The second kappa shape index (κ2) is 3.79. The lowest BCUT2D eigenvalue weighted by molar-refractivity contribution is 0.559. The van der Waals surface area contributed by atoms with Gasteiger partial charge in [-0.25, -0.2) is 4.79 Å². The number of hydrogen-bond donors (Lipinski definition) is 0. The van der Waals surface area contributed by atoms with Gasteiger partial charge in [0, 0.05) is 6.20 Å². The Hall–Kier alpha value is -1.47. The van der Waals surface area contributed by atoms with E-state index in [9.17, 15) is 4.79 Å². The molecule has 1 atom stereocenters. The lowest BCUT2D eigenvalue weighted by Crippen LogP contribution is -1.96. The van der Waals surface area contributed by atoms with Crippen LogP contribution in [0.4, 0.5) is 0 Å². The zero-order valence-electron chi connectivity index (χ0n) is 7.11. The number of carbonyl (C=O) groups excluding carboxylic acids is 1. The fourth-order valence-corrected chi connectivity index (χ4v) is 1.08. The van der Waals surface area contributed by atoms with Gasteiger partial charge in [0.2, 0.25) is 6.08 Å². The van der Waals surface area contributed by atoms with Crippen LogP contribution in [0.5, 0.6) is 0 Å². The predicted molar refractivity (Wildman–Crippen MR) is 45.5 cm³/mol. The third-order valence-corrected chi connectivity index (χ3v) is 1.69. The summed E-state index contributed by atoms with van der Waals surface area (Å²) in [5.74, 6) is 0. The van der Waals surface area contributed by atoms with Gasteiger partial charge in [0.05, 0.1) is 5.69 Å². The minimum Gasteiger partial charge on any atom is -0.259 e. The predicted octanol–water partition coefficient (Wildman–Crippen LogP) is 1.79. The Morgan fingerprint density at radius 1 is 1.67 bits per heavy atom. The van der Waals surface area contributed by atoms with E-state index in [-0.39, 0.29) is 6.04 Å². The largest absolute Gasteiger partial charge is 0.259 e. The van der Waals surface area contributed by atoms with Gasteiger partial charge >= 0.3 is 0 Å². The summed E-state index contributed by atoms with van der Waals surface area (Å²) in [5.41, 5.74) is 1.88. The second-order valence-corrected chi connectivity index (χ2v) is 2.60. The topological polar surface area (TPSA) is 42.3 Å². The molecule has 3 heteroatoms. The monoisotopic (exact) mass is 162 g/mol. The standard InChI is InChI=1S/C9H10N2O/c1-7-4-3-5-10-9(7)8(2)11-6-12/h3-5,8H,1-2H3. The highest BCUT2D eigenvalue weighted by molar-refractivity contribution is 5.35. The van der Waals surface area contributed by atoms with Gasteiger partial charge in [0.15, 0.2) is 0 Å². The summed E-state index contributed by atoms with van der Waals surface area (Å²) in [5, 5.41) is 0. The minimum atomic E-state index is -0.191. The number of isocyanates is 1. The molecule has 3 nitrogen and oxygen atoms in total. The fourth-order valence-electron chi connectivity index (χ4n) is 1.08. The van der Waals surface area contributed by atoms with E-state index >= 15 is 0 Å². The first-order chi connectivity index (χ1) is 5.75. The Morgan fingerprint density at radius 2 is 2.42 bits per heavy atom. The molecule has 0 bridgehead atoms. The summed E-state index contributed by atoms with van der Waals surface area (Å²) in [6.45, 7) is 3.76. The Labute approximate surface area is 71.2 Å². The van der Waals surface area contributed by atoms with Crippen molar-refractivity contribution in [2.45, 2.75) is 19.9 Å². The summed E-state index contributed by atoms with van der Waals surface area (Å²) in [4.78, 5) is 17.7. The maximum atomic E-state index is 9.98. The van der Waals surface area contributed by atoms with E-state index in [1.807, 2.05) is 26.0 Å². The van der Waals surface area contributed by atoms with Crippen LogP contribution in [0, 0.1) is 6.92 Å². The molecule has 1 aromatic rings. The van der Waals surface area contributed by atoms with Gasteiger partial charge < -0.3 is 0 Å². The number of hydrogen-bond acceptors (Lipinski definition) is 3. The Morgan fingerprint density at radius 3 is 3.00 bits per heavy atom. The molecule has 0 aliphatic heterocycles. The molecule has 0 N–H and O–H groups in total. The third-order valence-electron chi connectivity index (χ3n) is 1.69. The van der Waals surface area contributed by atoms with E-state index in [1.54, 1.807) is 6.20 Å². The van der Waals surface area contributed by atoms with Crippen LogP contribution < -0.4 is 0 Å². The van der Waals surface area contributed by atoms with Crippen molar-refractivity contribution in [3.8, 4) is 0 Å². The molecule has 0 amide bonds. The quantitative estimate of drug-likeness (QED) is 0.491. The summed E-state index contributed by atoms with van der Waals surface area (Å²) in [7, 11) is 0. The van der Waals surface area contributed by atoms with Gasteiger partial charge in [-0.1, -0.05) is 6.07 Å². The average molecular weight is 162 g/mol. The molecule has 1 unspecified atom stereocenters. The number of rotatable bonds is 2. The van der Waals surface area contributed by atoms with Crippen molar-refractivity contribution in [3.63, 3.8) is 0 Å². The molecule has 0 fully saturated rings. The molecule has 0 aliphatic rings. The van der Waals surface area contributed by atoms with Gasteiger partial charge in [-0.3, -0.25) is 4.98 Å². The summed E-state index contributed by atoms with van der Waals surface area (Å²) in [6.07, 6.45) is 3.22. The average Bonchev–Trinajstić information content (AvgIpc) is 2.05. The second-order valence-electron chi connectivity index (χ2n) is 2.60. The number of aliphatic imine (C=N–C) groups is 1. The van der Waals surface area contributed by atoms with Crippen molar-refractivity contribution in [2.75, 3.05) is 0 Å². The zero-order valence-corrected chi connectivity index (χ0v) is 7.11. The van der Waals surface area contributed by atoms with Crippen LogP contribution in [-0.2, 0) is 4.79 Å². The first-order valence-corrected chi connectivity index (χ1v) is 3.74. The molecule has 0 spiro atoms. The normalized spacial score (nSPS) is 11.8. The Kier molecular flexibility index (Phi) is 2.72. The van der Waals surface area contributed by atoms with Crippen LogP contribution >= 0.6 is 0 Å². The van der Waals surface area contributed by atoms with Gasteiger partial charge in [-0.2, -0.15) is 4.99 Å². The van der Waals surface area contributed by atoms with Crippen LogP contribution in [0.1, 0.15) is 24.2 Å². The van der Waals surface area contributed by atoms with Gasteiger partial charge in [0.25, 0.3) is 0 Å². The first kappa shape index (κ1) is 8.62. The van der Waals surface area contributed by atoms with E-state index in [0.717, 1.165) is 11.3 Å². The highest BCUT2D eigenvalue weighted by Gasteiger charge is 2.06. The summed E-state index contributed by atoms with van der Waals surface area (Å²) < 4.78 is 0. The third kappa shape index (κ3) is 1.77. The maximum Gasteiger partial charge on any atom is 0.235 e. The molecule has 0 saturated heterocycles. The van der Waals surface area contributed by atoms with Crippen LogP contribution in [-0.4, -0.2) is 11.1 Å². The molecule has 0 aromatic carbocycles. The van der Waals surface area contributed by atoms with Crippen LogP contribution in [0.2, 0.25) is 0 Å². The van der Waals surface area contributed by atoms with E-state index in [1.165, 1.54) is 6.08 Å². The molecule has 12 heavy (non-hydrogen) atoms. The van der Waals surface area contributed by atoms with Crippen molar-refractivity contribution >= 4 is 6.08 Å². The molecule has 1 heterocycles. The highest BCUT2D eigenvalue weighted by atomic mass is 16.1. The molecule has 1 aromatic heterocycles. The summed E-state index contributed by atoms with van der Waals surface area (Å²) >= 11 is 0. The highest BCUT2D eigenvalue weighted by Crippen LogP contribution is 2.16. The number of aryl methyl sites for hydroxylation is 1. The van der Waals surface area contributed by atoms with Crippen molar-refractivity contribution in [2.24, 2.45) is 4.99 Å². The number of pyridine rings is 1. The van der Waals surface area contributed by atoms with Crippen molar-refractivity contribution < 1.29 is 4.79 Å². The van der Waals surface area contributed by atoms with Crippen LogP contribution in [0.3, 0.4) is 0 Å². The summed E-state index contributed by atoms with van der Waals surface area (Å²) in [6, 6.07) is 3.61. The van der Waals surface area contributed by atoms with E-state index in [0.29, 0.717) is 0 Å². The molecule has 0 saturated carbocycles. The lowest BCUT2D eigenvalue weighted by atomic mass is 10.1. The van der Waals surface area contributed by atoms with Gasteiger partial charge in [-0.15, -0.1) is 0 Å². The van der Waals surface area contributed by atoms with Crippen molar-refractivity contribution in [3.05, 3.63) is 29.6 Å². The molecule has 1 rings (SSSR count). The van der Waals surface area contributed by atoms with Crippen molar-refractivity contribution in [1.82, 2.24) is 4.98 Å². The zero-order chi connectivity index (χ0) is 8.97. The molecule has 62 valence electrons. The molecule has 0 aliphatic carbocycles. The molecule has 0 radical (unpaired) electrons. The first-order valence-electron chi connectivity index (χ1n) is 3.74. The van der Waals surface area contributed by atoms with Crippen LogP contribution in [0.15, 0.2) is 23.3 Å². The van der Waals surface area contributed by atoms with Crippen molar-refractivity contribution in [1.29, 1.82) is 0 Å². The Bertz CT molecular complexity index is 316. The number of aromatic nitrogens is 1. The number of nitrogens with zero attached hydrogens (tertiary/aromatic N) is 2. The smallest absolute Gasteiger partial charge is 0.235 e. The fraction of sp³-hybridized carbons (Fsp3) is 0.333. The minimum absolute atomic E-state index is 0.191. The molecular weight excluding hydrogens is 152 g/mol. The van der Waals surface area contributed by atoms with E-state index < -0.39 is 0 Å². The SMILES string of the molecule is Cc1cccnc1C(C)N=C=O. The lowest BCUT2D eigenvalue weighted by Gasteiger charge is -2.05. The van der Waals surface area contributed by atoms with E-state index in [2.05, 4.69) is 9.98 Å². The Balaban J connectivity index is 3.02. The van der Waals surface area contributed by atoms with Crippen LogP contribution in [0.25, 0.3) is 0 Å². The maximum absolute atomic E-state index is 9.98.